The van der Waals surface area contributed by atoms with E-state index in [1.165, 1.54) is 57.8 Å². The molecule has 0 aliphatic heterocycles. The van der Waals surface area contributed by atoms with Crippen LogP contribution in [0.4, 0.5) is 0 Å². The molecule has 0 unspecified atom stereocenters. The molecule has 0 heterocycles. The van der Waals surface area contributed by atoms with E-state index < -0.39 is 11.9 Å². The Morgan fingerprint density at radius 3 is 2.04 bits per heavy atom. The second-order valence-corrected chi connectivity index (χ2v) is 6.50. The van der Waals surface area contributed by atoms with Crippen LogP contribution in [0.25, 0.3) is 0 Å². The maximum atomic E-state index is 12.0. The van der Waals surface area contributed by atoms with Crippen LogP contribution in [-0.2, 0) is 16.0 Å². The number of rotatable bonds is 13. The molecule has 0 N–H and O–H groups in total. The Balaban J connectivity index is 0.00000625. The van der Waals surface area contributed by atoms with Gasteiger partial charge in [0.25, 0.3) is 0 Å². The minimum Gasteiger partial charge on any atom is -0.386 e. The van der Waals surface area contributed by atoms with Crippen LogP contribution < -0.4 is 29.6 Å². The molecule has 4 heteroatoms. The van der Waals surface area contributed by atoms with Gasteiger partial charge in [0.15, 0.2) is 0 Å². The van der Waals surface area contributed by atoms with Crippen LogP contribution in [0.5, 0.6) is 0 Å². The molecule has 0 aromatic heterocycles. The van der Waals surface area contributed by atoms with Gasteiger partial charge in [0.2, 0.25) is 0 Å². The van der Waals surface area contributed by atoms with Crippen LogP contribution >= 0.6 is 0 Å². The number of carbonyl (C=O) groups excluding carboxylic acids is 2. The van der Waals surface area contributed by atoms with Crippen molar-refractivity contribution in [1.29, 1.82) is 0 Å². The van der Waals surface area contributed by atoms with Gasteiger partial charge < -0.3 is 4.74 Å². The maximum Gasteiger partial charge on any atom is 1.00 e. The van der Waals surface area contributed by atoms with Gasteiger partial charge in [-0.3, -0.25) is 0 Å². The summed E-state index contributed by atoms with van der Waals surface area (Å²) in [7, 11) is 0. The van der Waals surface area contributed by atoms with Crippen LogP contribution in [0, 0.1) is 0 Å². The maximum absolute atomic E-state index is 12.0. The van der Waals surface area contributed by atoms with E-state index in [0.717, 1.165) is 24.5 Å². The van der Waals surface area contributed by atoms with E-state index in [-0.39, 0.29) is 29.6 Å². The average molecular weight is 367 g/mol. The molecule has 26 heavy (non-hydrogen) atoms. The summed E-state index contributed by atoms with van der Waals surface area (Å²) in [6.45, 7) is 5.55. The summed E-state index contributed by atoms with van der Waals surface area (Å²) in [6, 6.07) is 7.35. The molecule has 3 nitrogen and oxygen atoms in total. The van der Waals surface area contributed by atoms with Crippen molar-refractivity contribution >= 4 is 11.9 Å². The van der Waals surface area contributed by atoms with Crippen LogP contribution in [0.15, 0.2) is 36.9 Å². The Hall–Kier alpha value is -0.900. The molecule has 0 saturated carbocycles. The third-order valence-corrected chi connectivity index (χ3v) is 4.40. The standard InChI is InChI=1S/C22H32O3.Na/c1-3-5-6-7-8-9-10-11-12-13-16-19-17-14-15-18-20(19)22(24)25-21(23)4-2;/h4,14-15,17-18H,2-3,5-13,16H2,1H3;/q;+1. The Morgan fingerprint density at radius 1 is 0.923 bits per heavy atom. The number of carbonyl (C=O) groups is 2. The smallest absolute Gasteiger partial charge is 0.386 e. The molecule has 0 aliphatic carbocycles. The fraction of sp³-hybridized carbons (Fsp3) is 0.545. The first-order chi connectivity index (χ1) is 12.2. The first-order valence-corrected chi connectivity index (χ1v) is 9.65. The zero-order valence-corrected chi connectivity index (χ0v) is 18.6. The molecule has 0 spiro atoms. The number of ether oxygens (including phenoxy) is 1. The number of aryl methyl sites for hydroxylation is 1. The second-order valence-electron chi connectivity index (χ2n) is 6.50. The van der Waals surface area contributed by atoms with Gasteiger partial charge in [-0.25, -0.2) is 9.59 Å². The van der Waals surface area contributed by atoms with Crippen molar-refractivity contribution in [1.82, 2.24) is 0 Å². The quantitative estimate of drug-likeness (QED) is 0.177. The molecule has 0 bridgehead atoms. The minimum atomic E-state index is -0.710. The van der Waals surface area contributed by atoms with Gasteiger partial charge in [-0.2, -0.15) is 0 Å². The van der Waals surface area contributed by atoms with E-state index in [4.69, 9.17) is 4.74 Å². The van der Waals surface area contributed by atoms with Gasteiger partial charge >= 0.3 is 41.5 Å². The van der Waals surface area contributed by atoms with Gasteiger partial charge in [0.1, 0.15) is 0 Å². The Bertz CT molecular complexity index is 540. The van der Waals surface area contributed by atoms with E-state index in [1.807, 2.05) is 12.1 Å². The van der Waals surface area contributed by atoms with Crippen molar-refractivity contribution in [3.63, 3.8) is 0 Å². The van der Waals surface area contributed by atoms with Crippen molar-refractivity contribution in [2.24, 2.45) is 0 Å². The Labute approximate surface area is 180 Å². The number of hydrogen-bond donors (Lipinski definition) is 0. The van der Waals surface area contributed by atoms with Crippen molar-refractivity contribution in [3.05, 3.63) is 48.0 Å². The molecular weight excluding hydrogens is 335 g/mol. The van der Waals surface area contributed by atoms with E-state index in [1.54, 1.807) is 12.1 Å². The molecule has 0 radical (unpaired) electrons. The third-order valence-electron chi connectivity index (χ3n) is 4.40. The Kier molecular flexibility index (Phi) is 15.7. The van der Waals surface area contributed by atoms with E-state index in [2.05, 4.69) is 13.5 Å². The van der Waals surface area contributed by atoms with Crippen LogP contribution in [0.3, 0.4) is 0 Å². The number of unbranched alkanes of at least 4 members (excludes halogenated alkanes) is 9. The monoisotopic (exact) mass is 367 g/mol. The molecule has 0 saturated heterocycles. The van der Waals surface area contributed by atoms with Gasteiger partial charge in [-0.1, -0.05) is 89.5 Å². The summed E-state index contributed by atoms with van der Waals surface area (Å²) < 4.78 is 4.73. The Morgan fingerprint density at radius 2 is 1.46 bits per heavy atom. The van der Waals surface area contributed by atoms with E-state index in [0.29, 0.717) is 5.56 Å². The van der Waals surface area contributed by atoms with Crippen LogP contribution in [0.2, 0.25) is 0 Å². The van der Waals surface area contributed by atoms with Crippen molar-refractivity contribution < 1.29 is 43.9 Å². The predicted octanol–water partition coefficient (Wildman–Crippen LogP) is 3.02. The van der Waals surface area contributed by atoms with Crippen molar-refractivity contribution in [2.45, 2.75) is 77.6 Å². The zero-order valence-electron chi connectivity index (χ0n) is 16.6. The summed E-state index contributed by atoms with van der Waals surface area (Å²) in [4.78, 5) is 23.2. The van der Waals surface area contributed by atoms with E-state index in [9.17, 15) is 9.59 Å². The zero-order chi connectivity index (χ0) is 18.3. The molecular formula is C22H32NaO3+. The summed E-state index contributed by atoms with van der Waals surface area (Å²) in [5.41, 5.74) is 1.43. The molecule has 138 valence electrons. The number of benzene rings is 1. The molecule has 0 amide bonds. The van der Waals surface area contributed by atoms with Gasteiger partial charge in [0, 0.05) is 6.08 Å². The molecule has 1 rings (SSSR count). The summed E-state index contributed by atoms with van der Waals surface area (Å²) in [6.07, 6.45) is 14.7. The molecule has 1 aromatic rings. The molecule has 0 atom stereocenters. The molecule has 0 fully saturated rings. The van der Waals surface area contributed by atoms with Gasteiger partial charge in [-0.15, -0.1) is 0 Å². The normalized spacial score (nSPS) is 10.0. The van der Waals surface area contributed by atoms with Crippen LogP contribution in [-0.4, -0.2) is 11.9 Å². The summed E-state index contributed by atoms with van der Waals surface area (Å²) >= 11 is 0. The van der Waals surface area contributed by atoms with E-state index >= 15 is 0 Å². The topological polar surface area (TPSA) is 43.4 Å². The van der Waals surface area contributed by atoms with Crippen LogP contribution in [0.1, 0.15) is 87.1 Å². The number of hydrogen-bond acceptors (Lipinski definition) is 3. The minimum absolute atomic E-state index is 0. The van der Waals surface area contributed by atoms with Crippen molar-refractivity contribution in [2.75, 3.05) is 0 Å². The summed E-state index contributed by atoms with van der Waals surface area (Å²) in [5, 5.41) is 0. The first kappa shape index (κ1) is 25.1. The molecule has 1 aromatic carbocycles. The summed E-state index contributed by atoms with van der Waals surface area (Å²) in [5.74, 6) is -1.30. The third kappa shape index (κ3) is 10.9. The second kappa shape index (κ2) is 16.3. The fourth-order valence-corrected chi connectivity index (χ4v) is 2.93. The van der Waals surface area contributed by atoms with Gasteiger partial charge in [0.05, 0.1) is 5.56 Å². The fourth-order valence-electron chi connectivity index (χ4n) is 2.93. The SMILES string of the molecule is C=CC(=O)OC(=O)c1ccccc1CCCCCCCCCCCC.[Na+]. The average Bonchev–Trinajstić information content (AvgIpc) is 2.63. The molecule has 0 aliphatic rings. The predicted molar refractivity (Wildman–Crippen MR) is 103 cm³/mol. The van der Waals surface area contributed by atoms with Gasteiger partial charge in [-0.05, 0) is 24.5 Å². The van der Waals surface area contributed by atoms with Crippen molar-refractivity contribution in [3.8, 4) is 0 Å². The largest absolute Gasteiger partial charge is 1.00 e. The number of esters is 2. The first-order valence-electron chi connectivity index (χ1n) is 9.65.